The van der Waals surface area contributed by atoms with Crippen molar-refractivity contribution in [1.29, 1.82) is 0 Å². The van der Waals surface area contributed by atoms with Crippen LogP contribution in [0.1, 0.15) is 10.4 Å². The molecule has 0 aliphatic rings. The second-order valence-corrected chi connectivity index (χ2v) is 4.29. The van der Waals surface area contributed by atoms with Crippen LogP contribution >= 0.6 is 23.2 Å². The fourth-order valence-electron chi connectivity index (χ4n) is 1.55. The highest BCUT2D eigenvalue weighted by Gasteiger charge is 2.10. The zero-order valence-corrected chi connectivity index (χ0v) is 10.2. The Balaban J connectivity index is 2.55. The Hall–Kier alpha value is -1.51. The minimum absolute atomic E-state index is 0.158. The molecule has 2 rings (SSSR count). The smallest absolute Gasteiger partial charge is 0.335 e. The maximum Gasteiger partial charge on any atom is 0.335 e. The minimum atomic E-state index is -1.00. The highest BCUT2D eigenvalue weighted by Crippen LogP contribution is 2.33. The Morgan fingerprint density at radius 2 is 1.59 bits per heavy atom. The predicted octanol–water partition coefficient (Wildman–Crippen LogP) is 4.36. The molecule has 0 saturated carbocycles. The third-order valence-electron chi connectivity index (χ3n) is 2.38. The lowest BCUT2D eigenvalue weighted by molar-refractivity contribution is 0.0697. The maximum absolute atomic E-state index is 10.8. The first kappa shape index (κ1) is 12.0. The second kappa shape index (κ2) is 4.78. The van der Waals surface area contributed by atoms with Gasteiger partial charge in [0, 0.05) is 21.2 Å². The van der Waals surface area contributed by atoms with Gasteiger partial charge in [-0.05, 0) is 18.2 Å². The molecule has 0 spiro atoms. The monoisotopic (exact) mass is 266 g/mol. The van der Waals surface area contributed by atoms with Gasteiger partial charge in [-0.2, -0.15) is 0 Å². The summed E-state index contributed by atoms with van der Waals surface area (Å²) in [6.07, 6.45) is 0. The molecule has 0 atom stereocenters. The van der Waals surface area contributed by atoms with E-state index in [2.05, 4.69) is 0 Å². The number of rotatable bonds is 2. The van der Waals surface area contributed by atoms with Gasteiger partial charge in [-0.15, -0.1) is 0 Å². The Morgan fingerprint density at radius 3 is 2.18 bits per heavy atom. The maximum atomic E-state index is 10.8. The van der Waals surface area contributed by atoms with E-state index >= 15 is 0 Å². The van der Waals surface area contributed by atoms with E-state index in [1.54, 1.807) is 12.1 Å². The van der Waals surface area contributed by atoms with Crippen molar-refractivity contribution in [2.75, 3.05) is 0 Å². The summed E-state index contributed by atoms with van der Waals surface area (Å²) >= 11 is 12.1. The standard InChI is InChI=1S/C13H8Cl2O2/c14-11-4-2-1-3-9(11)10-6-5-8(13(16)17)7-12(10)15/h1-7H,(H,16,17). The van der Waals surface area contributed by atoms with E-state index in [9.17, 15) is 4.79 Å². The third-order valence-corrected chi connectivity index (χ3v) is 3.02. The summed E-state index contributed by atoms with van der Waals surface area (Å²) in [5.74, 6) is -1.00. The van der Waals surface area contributed by atoms with Crippen LogP contribution in [0, 0.1) is 0 Å². The van der Waals surface area contributed by atoms with Crippen molar-refractivity contribution in [2.24, 2.45) is 0 Å². The minimum Gasteiger partial charge on any atom is -0.478 e. The van der Waals surface area contributed by atoms with Crippen LogP contribution in [0.3, 0.4) is 0 Å². The van der Waals surface area contributed by atoms with Crippen molar-refractivity contribution in [1.82, 2.24) is 0 Å². The van der Waals surface area contributed by atoms with Crippen LogP contribution in [-0.4, -0.2) is 11.1 Å². The number of benzene rings is 2. The molecule has 2 nitrogen and oxygen atoms in total. The predicted molar refractivity (Wildman–Crippen MR) is 68.9 cm³/mol. The lowest BCUT2D eigenvalue weighted by Gasteiger charge is -2.07. The van der Waals surface area contributed by atoms with Crippen LogP contribution in [0.2, 0.25) is 10.0 Å². The van der Waals surface area contributed by atoms with Crippen molar-refractivity contribution in [3.63, 3.8) is 0 Å². The summed E-state index contributed by atoms with van der Waals surface area (Å²) in [7, 11) is 0. The molecule has 0 unspecified atom stereocenters. The van der Waals surface area contributed by atoms with Crippen LogP contribution in [0.4, 0.5) is 0 Å². The fourth-order valence-corrected chi connectivity index (χ4v) is 2.07. The normalized spacial score (nSPS) is 10.2. The molecule has 1 N–H and O–H groups in total. The number of carboxylic acid groups (broad SMARTS) is 1. The van der Waals surface area contributed by atoms with E-state index in [4.69, 9.17) is 28.3 Å². The highest BCUT2D eigenvalue weighted by molar-refractivity contribution is 6.36. The topological polar surface area (TPSA) is 37.3 Å². The molecular weight excluding hydrogens is 259 g/mol. The average molecular weight is 267 g/mol. The van der Waals surface area contributed by atoms with Gasteiger partial charge in [-0.25, -0.2) is 4.79 Å². The molecule has 0 amide bonds. The number of hydrogen-bond acceptors (Lipinski definition) is 1. The summed E-state index contributed by atoms with van der Waals surface area (Å²) in [6, 6.07) is 11.9. The van der Waals surface area contributed by atoms with Crippen LogP contribution in [0.15, 0.2) is 42.5 Å². The lowest BCUT2D eigenvalue weighted by atomic mass is 10.0. The molecule has 0 heterocycles. The van der Waals surface area contributed by atoms with Gasteiger partial charge in [0.2, 0.25) is 0 Å². The summed E-state index contributed by atoms with van der Waals surface area (Å²) in [5, 5.41) is 9.79. The summed E-state index contributed by atoms with van der Waals surface area (Å²) in [6.45, 7) is 0. The molecule has 0 aliphatic heterocycles. The summed E-state index contributed by atoms with van der Waals surface area (Å²) in [4.78, 5) is 10.8. The van der Waals surface area contributed by atoms with Crippen molar-refractivity contribution in [3.8, 4) is 11.1 Å². The van der Waals surface area contributed by atoms with Crippen molar-refractivity contribution in [2.45, 2.75) is 0 Å². The SMILES string of the molecule is O=C(O)c1ccc(-c2ccccc2Cl)c(Cl)c1. The Kier molecular flexibility index (Phi) is 3.36. The fraction of sp³-hybridized carbons (Fsp3) is 0. The van der Waals surface area contributed by atoms with Gasteiger partial charge in [0.15, 0.2) is 0 Å². The molecule has 0 fully saturated rings. The third kappa shape index (κ3) is 2.43. The molecule has 17 heavy (non-hydrogen) atoms. The number of carbonyl (C=O) groups is 1. The second-order valence-electron chi connectivity index (χ2n) is 3.48. The molecule has 0 aromatic heterocycles. The molecule has 4 heteroatoms. The van der Waals surface area contributed by atoms with E-state index < -0.39 is 5.97 Å². The molecule has 2 aromatic rings. The van der Waals surface area contributed by atoms with E-state index in [0.29, 0.717) is 10.0 Å². The van der Waals surface area contributed by atoms with Gasteiger partial charge in [-0.3, -0.25) is 0 Å². The Morgan fingerprint density at radius 1 is 0.941 bits per heavy atom. The molecule has 0 aliphatic carbocycles. The quantitative estimate of drug-likeness (QED) is 0.877. The van der Waals surface area contributed by atoms with Crippen LogP contribution < -0.4 is 0 Å². The van der Waals surface area contributed by atoms with Gasteiger partial charge in [-0.1, -0.05) is 47.5 Å². The summed E-state index contributed by atoms with van der Waals surface area (Å²) < 4.78 is 0. The molecule has 0 saturated heterocycles. The largest absolute Gasteiger partial charge is 0.478 e. The van der Waals surface area contributed by atoms with Crippen LogP contribution in [-0.2, 0) is 0 Å². The molecule has 86 valence electrons. The first-order chi connectivity index (χ1) is 8.09. The lowest BCUT2D eigenvalue weighted by Crippen LogP contribution is -1.96. The zero-order valence-electron chi connectivity index (χ0n) is 8.65. The molecule has 0 bridgehead atoms. The summed E-state index contributed by atoms with van der Waals surface area (Å²) in [5.41, 5.74) is 1.67. The highest BCUT2D eigenvalue weighted by atomic mass is 35.5. The number of halogens is 2. The molecule has 0 radical (unpaired) electrons. The van der Waals surface area contributed by atoms with E-state index in [0.717, 1.165) is 11.1 Å². The van der Waals surface area contributed by atoms with Gasteiger partial charge < -0.3 is 5.11 Å². The van der Waals surface area contributed by atoms with E-state index in [-0.39, 0.29) is 5.56 Å². The molecule has 2 aromatic carbocycles. The molecular formula is C13H8Cl2O2. The van der Waals surface area contributed by atoms with Gasteiger partial charge in [0.05, 0.1) is 5.56 Å². The first-order valence-electron chi connectivity index (χ1n) is 4.87. The van der Waals surface area contributed by atoms with E-state index in [1.165, 1.54) is 12.1 Å². The van der Waals surface area contributed by atoms with Gasteiger partial charge >= 0.3 is 5.97 Å². The van der Waals surface area contributed by atoms with Crippen molar-refractivity contribution >= 4 is 29.2 Å². The van der Waals surface area contributed by atoms with Crippen LogP contribution in [0.5, 0.6) is 0 Å². The number of aromatic carboxylic acids is 1. The van der Waals surface area contributed by atoms with Crippen molar-refractivity contribution in [3.05, 3.63) is 58.1 Å². The number of hydrogen-bond donors (Lipinski definition) is 1. The number of carboxylic acids is 1. The first-order valence-corrected chi connectivity index (χ1v) is 5.63. The van der Waals surface area contributed by atoms with E-state index in [1.807, 2.05) is 18.2 Å². The van der Waals surface area contributed by atoms with Gasteiger partial charge in [0.1, 0.15) is 0 Å². The Labute approximate surface area is 108 Å². The van der Waals surface area contributed by atoms with Gasteiger partial charge in [0.25, 0.3) is 0 Å². The average Bonchev–Trinajstić information content (AvgIpc) is 2.30. The van der Waals surface area contributed by atoms with Crippen LogP contribution in [0.25, 0.3) is 11.1 Å². The van der Waals surface area contributed by atoms with Crippen molar-refractivity contribution < 1.29 is 9.90 Å². The Bertz CT molecular complexity index is 579. The zero-order chi connectivity index (χ0) is 12.4.